The minimum absolute atomic E-state index is 0.0182. The molecule has 0 bridgehead atoms. The van der Waals surface area contributed by atoms with Crippen LogP contribution in [0.2, 0.25) is 0 Å². The van der Waals surface area contributed by atoms with Crippen molar-refractivity contribution in [2.45, 2.75) is 38.7 Å². The van der Waals surface area contributed by atoms with Crippen molar-refractivity contribution in [3.63, 3.8) is 0 Å². The summed E-state index contributed by atoms with van der Waals surface area (Å²) in [5.41, 5.74) is 7.46. The maximum absolute atomic E-state index is 12.3. The molecule has 134 valence electrons. The topological polar surface area (TPSA) is 109 Å². The monoisotopic (exact) mass is 352 g/mol. The van der Waals surface area contributed by atoms with Crippen molar-refractivity contribution < 1.29 is 14.3 Å². The second-order valence-corrected chi connectivity index (χ2v) is 7.23. The molecule has 26 heavy (non-hydrogen) atoms. The lowest BCUT2D eigenvalue weighted by Gasteiger charge is -2.25. The van der Waals surface area contributed by atoms with Crippen LogP contribution < -0.4 is 15.9 Å². The number of rotatable bonds is 2. The van der Waals surface area contributed by atoms with E-state index in [0.717, 1.165) is 17.2 Å². The zero-order valence-electron chi connectivity index (χ0n) is 14.9. The number of benzene rings is 1. The summed E-state index contributed by atoms with van der Waals surface area (Å²) >= 11 is 0. The number of hydrogen-bond acceptors (Lipinski definition) is 6. The highest BCUT2D eigenvalue weighted by Crippen LogP contribution is 2.41. The van der Waals surface area contributed by atoms with Gasteiger partial charge < -0.3 is 20.0 Å². The smallest absolute Gasteiger partial charge is 0.228 e. The molecule has 6 heteroatoms. The van der Waals surface area contributed by atoms with Crippen LogP contribution in [0, 0.1) is 11.3 Å². The Hall–Kier alpha value is -3.04. The quantitative estimate of drug-likeness (QED) is 0.860. The highest BCUT2D eigenvalue weighted by Gasteiger charge is 2.35. The molecule has 1 aromatic heterocycles. The summed E-state index contributed by atoms with van der Waals surface area (Å²) in [5, 5.41) is 18.9. The molecule has 1 atom stereocenters. The van der Waals surface area contributed by atoms with Crippen LogP contribution in [-0.2, 0) is 12.0 Å². The number of nitriles is 1. The number of nitrogens with two attached hydrogens (primary N) is 1. The third-order valence-electron chi connectivity index (χ3n) is 4.40. The third kappa shape index (κ3) is 2.98. The highest BCUT2D eigenvalue weighted by molar-refractivity contribution is 5.52. The largest absolute Gasteiger partial charge is 0.458 e. The molecule has 1 aliphatic rings. The fraction of sp³-hybridized carbons (Fsp3) is 0.300. The molecule has 2 heterocycles. The van der Waals surface area contributed by atoms with E-state index in [4.69, 9.17) is 14.9 Å². The average Bonchev–Trinajstić information content (AvgIpc) is 2.60. The van der Waals surface area contributed by atoms with Gasteiger partial charge in [0, 0.05) is 6.07 Å². The zero-order valence-corrected chi connectivity index (χ0v) is 14.9. The summed E-state index contributed by atoms with van der Waals surface area (Å²) in [6.45, 7) is 5.89. The fourth-order valence-electron chi connectivity index (χ4n) is 2.97. The van der Waals surface area contributed by atoms with Gasteiger partial charge in [0.05, 0.1) is 5.92 Å². The number of aliphatic hydroxyl groups excluding tert-OH is 1. The molecule has 3 N–H and O–H groups in total. The summed E-state index contributed by atoms with van der Waals surface area (Å²) in [5.74, 6) is -0.559. The van der Waals surface area contributed by atoms with Crippen LogP contribution in [0.4, 0.5) is 0 Å². The first-order chi connectivity index (χ1) is 12.3. The molecular formula is C20H20N2O4. The van der Waals surface area contributed by atoms with Crippen molar-refractivity contribution in [2.24, 2.45) is 5.73 Å². The predicted octanol–water partition coefficient (Wildman–Crippen LogP) is 2.65. The Balaban J connectivity index is 2.21. The Kier molecular flexibility index (Phi) is 4.34. The minimum Gasteiger partial charge on any atom is -0.458 e. The number of nitrogens with zero attached hydrogens (tertiary/aromatic N) is 1. The lowest BCUT2D eigenvalue weighted by atomic mass is 9.83. The summed E-state index contributed by atoms with van der Waals surface area (Å²) in [6.07, 6.45) is 0. The Labute approximate surface area is 151 Å². The second kappa shape index (κ2) is 6.36. The van der Waals surface area contributed by atoms with Crippen molar-refractivity contribution >= 4 is 0 Å². The van der Waals surface area contributed by atoms with Crippen molar-refractivity contribution in [3.8, 4) is 11.8 Å². The molecule has 3 rings (SSSR count). The first-order valence-electron chi connectivity index (χ1n) is 8.22. The maximum Gasteiger partial charge on any atom is 0.228 e. The summed E-state index contributed by atoms with van der Waals surface area (Å²) in [4.78, 5) is 12.3. The zero-order chi connectivity index (χ0) is 19.1. The molecule has 0 saturated carbocycles. The molecule has 0 radical (unpaired) electrons. The summed E-state index contributed by atoms with van der Waals surface area (Å²) < 4.78 is 11.0. The molecule has 0 unspecified atom stereocenters. The standard InChI is InChI=1S/C20H20N2O4/c1-20(2,3)12-6-4-11(5-7-12)16-14(9-21)19(22)26-17-15(24)8-13(10-23)25-18(16)17/h4-8,16,23H,10,22H2,1-3H3/t16-/m1/s1. The van der Waals surface area contributed by atoms with Crippen molar-refractivity contribution in [3.05, 3.63) is 74.7 Å². The fourth-order valence-corrected chi connectivity index (χ4v) is 2.97. The Bertz CT molecular complexity index is 973. The molecule has 0 aliphatic carbocycles. The van der Waals surface area contributed by atoms with Gasteiger partial charge in [0.15, 0.2) is 5.76 Å². The van der Waals surface area contributed by atoms with Gasteiger partial charge in [-0.25, -0.2) is 0 Å². The van der Waals surface area contributed by atoms with Crippen molar-refractivity contribution in [1.82, 2.24) is 0 Å². The van der Waals surface area contributed by atoms with E-state index in [0.29, 0.717) is 0 Å². The van der Waals surface area contributed by atoms with Crippen LogP contribution >= 0.6 is 0 Å². The van der Waals surface area contributed by atoms with E-state index in [2.05, 4.69) is 26.8 Å². The van der Waals surface area contributed by atoms with Crippen LogP contribution in [0.25, 0.3) is 0 Å². The van der Waals surface area contributed by atoms with Crippen molar-refractivity contribution in [2.75, 3.05) is 0 Å². The Morgan fingerprint density at radius 1 is 1.27 bits per heavy atom. The molecule has 6 nitrogen and oxygen atoms in total. The van der Waals surface area contributed by atoms with Gasteiger partial charge in [-0.05, 0) is 16.5 Å². The van der Waals surface area contributed by atoms with Crippen LogP contribution in [0.5, 0.6) is 5.75 Å². The van der Waals surface area contributed by atoms with Crippen LogP contribution in [-0.4, -0.2) is 5.11 Å². The highest BCUT2D eigenvalue weighted by atomic mass is 16.5. The number of allylic oxidation sites excluding steroid dienone is 1. The van der Waals surface area contributed by atoms with E-state index >= 15 is 0 Å². The summed E-state index contributed by atoms with van der Waals surface area (Å²) in [6, 6.07) is 10.9. The third-order valence-corrected chi connectivity index (χ3v) is 4.40. The van der Waals surface area contributed by atoms with Gasteiger partial charge in [-0.3, -0.25) is 4.79 Å². The van der Waals surface area contributed by atoms with E-state index in [1.807, 2.05) is 24.3 Å². The lowest BCUT2D eigenvalue weighted by molar-refractivity contribution is 0.231. The SMILES string of the molecule is CC(C)(C)c1ccc([C@@H]2C(C#N)=C(N)Oc3c2oc(CO)cc3=O)cc1. The molecule has 0 saturated heterocycles. The predicted molar refractivity (Wildman–Crippen MR) is 95.3 cm³/mol. The molecule has 0 amide bonds. The first-order valence-corrected chi connectivity index (χ1v) is 8.22. The maximum atomic E-state index is 12.3. The van der Waals surface area contributed by atoms with Gasteiger partial charge in [0.1, 0.15) is 24.0 Å². The number of ether oxygens (including phenoxy) is 1. The Morgan fingerprint density at radius 3 is 2.46 bits per heavy atom. The molecule has 0 fully saturated rings. The molecule has 1 aliphatic heterocycles. The Morgan fingerprint density at radius 2 is 1.92 bits per heavy atom. The minimum atomic E-state index is -0.669. The first kappa shape index (κ1) is 17.8. The van der Waals surface area contributed by atoms with Crippen LogP contribution in [0.1, 0.15) is 49.3 Å². The van der Waals surface area contributed by atoms with Crippen LogP contribution in [0.15, 0.2) is 51.0 Å². The van der Waals surface area contributed by atoms with Gasteiger partial charge in [-0.2, -0.15) is 5.26 Å². The van der Waals surface area contributed by atoms with Gasteiger partial charge in [0.2, 0.25) is 17.1 Å². The number of aliphatic hydroxyl groups is 1. The van der Waals surface area contributed by atoms with Gasteiger partial charge in [-0.1, -0.05) is 45.0 Å². The molecule has 1 aromatic carbocycles. The van der Waals surface area contributed by atoms with Gasteiger partial charge in [-0.15, -0.1) is 0 Å². The average molecular weight is 352 g/mol. The van der Waals surface area contributed by atoms with E-state index in [-0.39, 0.29) is 34.1 Å². The number of hydrogen-bond donors (Lipinski definition) is 2. The van der Waals surface area contributed by atoms with E-state index in [9.17, 15) is 15.2 Å². The second-order valence-electron chi connectivity index (χ2n) is 7.23. The van der Waals surface area contributed by atoms with Gasteiger partial charge >= 0.3 is 0 Å². The normalized spacial score (nSPS) is 16.7. The number of fused-ring (bicyclic) bond motifs is 1. The summed E-state index contributed by atoms with van der Waals surface area (Å²) in [7, 11) is 0. The lowest BCUT2D eigenvalue weighted by Crippen LogP contribution is -2.25. The van der Waals surface area contributed by atoms with Gasteiger partial charge in [0.25, 0.3) is 0 Å². The van der Waals surface area contributed by atoms with Crippen molar-refractivity contribution in [1.29, 1.82) is 5.26 Å². The molecule has 2 aromatic rings. The van der Waals surface area contributed by atoms with Crippen LogP contribution in [0.3, 0.4) is 0 Å². The molecule has 0 spiro atoms. The van der Waals surface area contributed by atoms with E-state index in [1.165, 1.54) is 0 Å². The molecular weight excluding hydrogens is 332 g/mol. The van der Waals surface area contributed by atoms with E-state index < -0.39 is 18.0 Å². The van der Waals surface area contributed by atoms with E-state index in [1.54, 1.807) is 0 Å².